The number of methoxy groups -OCH3 is 1. The van der Waals surface area contributed by atoms with Crippen LogP contribution in [0.15, 0.2) is 0 Å². The van der Waals surface area contributed by atoms with Crippen molar-refractivity contribution in [2.45, 2.75) is 38.5 Å². The summed E-state index contributed by atoms with van der Waals surface area (Å²) in [5.41, 5.74) is -1.12. The molecule has 1 saturated carbocycles. The Morgan fingerprint density at radius 1 is 1.25 bits per heavy atom. The minimum atomic E-state index is -1.12. The van der Waals surface area contributed by atoms with Gasteiger partial charge < -0.3 is 4.74 Å². The molecule has 0 bridgehead atoms. The van der Waals surface area contributed by atoms with Crippen molar-refractivity contribution in [3.05, 3.63) is 0 Å². The molecule has 0 atom stereocenters. The molecule has 2 aliphatic rings. The molecule has 1 heterocycles. The second-order valence-electron chi connectivity index (χ2n) is 5.18. The second-order valence-corrected chi connectivity index (χ2v) is 5.18. The minimum Gasteiger partial charge on any atom is -0.469 e. The van der Waals surface area contributed by atoms with Crippen LogP contribution in [-0.4, -0.2) is 42.4 Å². The molecule has 0 aromatic carbocycles. The van der Waals surface area contributed by atoms with E-state index in [1.165, 1.54) is 7.11 Å². The molecule has 1 saturated heterocycles. The van der Waals surface area contributed by atoms with Gasteiger partial charge in [0.05, 0.1) is 13.5 Å². The van der Waals surface area contributed by atoms with E-state index in [1.807, 2.05) is 0 Å². The normalized spacial score (nSPS) is 21.9. The van der Waals surface area contributed by atoms with Gasteiger partial charge in [-0.25, -0.2) is 4.79 Å². The molecule has 1 aliphatic heterocycles. The van der Waals surface area contributed by atoms with Crippen molar-refractivity contribution in [2.24, 2.45) is 5.41 Å². The number of nitrogens with one attached hydrogen (secondary N) is 1. The highest BCUT2D eigenvalue weighted by Crippen LogP contribution is 2.40. The van der Waals surface area contributed by atoms with Crippen LogP contribution in [0, 0.1) is 5.41 Å². The first kappa shape index (κ1) is 14.5. The van der Waals surface area contributed by atoms with Gasteiger partial charge in [0.25, 0.3) is 0 Å². The summed E-state index contributed by atoms with van der Waals surface area (Å²) in [7, 11) is 1.24. The highest BCUT2D eigenvalue weighted by Gasteiger charge is 2.53. The Morgan fingerprint density at radius 2 is 1.90 bits per heavy atom. The Balaban J connectivity index is 2.16. The third-order valence-corrected chi connectivity index (χ3v) is 4.03. The molecule has 4 amide bonds. The predicted molar refractivity (Wildman–Crippen MR) is 67.4 cm³/mol. The molecular weight excluding hydrogens is 264 g/mol. The Kier molecular flexibility index (Phi) is 4.06. The number of nitrogens with zero attached hydrogens (tertiary/aromatic N) is 1. The number of barbiturate groups is 1. The third kappa shape index (κ3) is 2.39. The lowest BCUT2D eigenvalue weighted by molar-refractivity contribution is -0.154. The lowest BCUT2D eigenvalue weighted by Gasteiger charge is -2.41. The average Bonchev–Trinajstić information content (AvgIpc) is 2.46. The van der Waals surface area contributed by atoms with Gasteiger partial charge in [-0.2, -0.15) is 0 Å². The van der Waals surface area contributed by atoms with Crippen molar-refractivity contribution in [2.75, 3.05) is 13.7 Å². The minimum absolute atomic E-state index is 0.0631. The van der Waals surface area contributed by atoms with Crippen LogP contribution in [-0.2, 0) is 19.1 Å². The third-order valence-electron chi connectivity index (χ3n) is 4.03. The molecule has 1 spiro atoms. The van der Waals surface area contributed by atoms with Crippen LogP contribution < -0.4 is 5.32 Å². The molecule has 0 aromatic rings. The summed E-state index contributed by atoms with van der Waals surface area (Å²) in [5, 5.41) is 2.24. The number of hydrogen-bond acceptors (Lipinski definition) is 5. The SMILES string of the molecule is COC(=O)CCN1C(=O)NC(=O)C2(CCCCC2)C1=O. The summed E-state index contributed by atoms with van der Waals surface area (Å²) >= 11 is 0. The fraction of sp³-hybridized carbons (Fsp3) is 0.692. The van der Waals surface area contributed by atoms with E-state index in [4.69, 9.17) is 0 Å². The predicted octanol–water partition coefficient (Wildman–Crippen LogP) is 0.578. The van der Waals surface area contributed by atoms with Gasteiger partial charge in [0.1, 0.15) is 5.41 Å². The first-order valence-corrected chi connectivity index (χ1v) is 6.75. The highest BCUT2D eigenvalue weighted by molar-refractivity contribution is 6.19. The number of carbonyl (C=O) groups excluding carboxylic acids is 4. The molecule has 0 aromatic heterocycles. The molecule has 20 heavy (non-hydrogen) atoms. The van der Waals surface area contributed by atoms with E-state index in [2.05, 4.69) is 10.1 Å². The maximum absolute atomic E-state index is 12.5. The topological polar surface area (TPSA) is 92.8 Å². The molecule has 0 unspecified atom stereocenters. The van der Waals surface area contributed by atoms with Gasteiger partial charge in [0.2, 0.25) is 11.8 Å². The Morgan fingerprint density at radius 3 is 2.50 bits per heavy atom. The average molecular weight is 282 g/mol. The lowest BCUT2D eigenvalue weighted by atomic mass is 9.71. The highest BCUT2D eigenvalue weighted by atomic mass is 16.5. The molecule has 0 radical (unpaired) electrons. The van der Waals surface area contributed by atoms with E-state index < -0.39 is 29.2 Å². The second kappa shape index (κ2) is 5.60. The summed E-state index contributed by atoms with van der Waals surface area (Å²) in [6.45, 7) is -0.0631. The first-order chi connectivity index (χ1) is 9.51. The molecule has 2 rings (SSSR count). The number of imide groups is 2. The number of ether oxygens (including phenoxy) is 1. The van der Waals surface area contributed by atoms with Gasteiger partial charge in [0, 0.05) is 6.54 Å². The van der Waals surface area contributed by atoms with E-state index in [-0.39, 0.29) is 13.0 Å². The summed E-state index contributed by atoms with van der Waals surface area (Å²) in [5.74, 6) is -1.48. The number of carbonyl (C=O) groups is 4. The van der Waals surface area contributed by atoms with E-state index >= 15 is 0 Å². The maximum Gasteiger partial charge on any atom is 0.330 e. The Bertz CT molecular complexity index is 454. The smallest absolute Gasteiger partial charge is 0.330 e. The van der Waals surface area contributed by atoms with Gasteiger partial charge >= 0.3 is 12.0 Å². The standard InChI is InChI=1S/C13H18N2O5/c1-20-9(16)5-8-15-11(18)13(6-3-2-4-7-13)10(17)14-12(15)19/h2-8H2,1H3,(H,14,17,19). The molecule has 7 nitrogen and oxygen atoms in total. The molecule has 2 fully saturated rings. The quantitative estimate of drug-likeness (QED) is 0.603. The zero-order valence-electron chi connectivity index (χ0n) is 11.4. The first-order valence-electron chi connectivity index (χ1n) is 6.75. The number of rotatable bonds is 3. The van der Waals surface area contributed by atoms with Gasteiger partial charge in [-0.1, -0.05) is 19.3 Å². The van der Waals surface area contributed by atoms with Crippen LogP contribution in [0.25, 0.3) is 0 Å². The number of hydrogen-bond donors (Lipinski definition) is 1. The lowest BCUT2D eigenvalue weighted by Crippen LogP contribution is -2.64. The van der Waals surface area contributed by atoms with Crippen LogP contribution in [0.3, 0.4) is 0 Å². The summed E-state index contributed by atoms with van der Waals surface area (Å²) < 4.78 is 4.49. The van der Waals surface area contributed by atoms with E-state index in [1.54, 1.807) is 0 Å². The molecule has 1 N–H and O–H groups in total. The van der Waals surface area contributed by atoms with Gasteiger partial charge in [-0.3, -0.25) is 24.6 Å². The van der Waals surface area contributed by atoms with Crippen molar-refractivity contribution < 1.29 is 23.9 Å². The maximum atomic E-state index is 12.5. The van der Waals surface area contributed by atoms with Crippen LogP contribution in [0.5, 0.6) is 0 Å². The zero-order chi connectivity index (χ0) is 14.8. The fourth-order valence-corrected chi connectivity index (χ4v) is 2.84. The van der Waals surface area contributed by atoms with Gasteiger partial charge in [-0.15, -0.1) is 0 Å². The number of urea groups is 1. The Hall–Kier alpha value is -1.92. The van der Waals surface area contributed by atoms with Crippen LogP contribution >= 0.6 is 0 Å². The summed E-state index contributed by atoms with van der Waals surface area (Å²) in [4.78, 5) is 48.4. The number of esters is 1. The molecule has 7 heteroatoms. The molecular formula is C13H18N2O5. The van der Waals surface area contributed by atoms with Crippen molar-refractivity contribution in [3.8, 4) is 0 Å². The van der Waals surface area contributed by atoms with Gasteiger partial charge in [-0.05, 0) is 12.8 Å². The van der Waals surface area contributed by atoms with E-state index in [0.717, 1.165) is 24.2 Å². The van der Waals surface area contributed by atoms with Crippen molar-refractivity contribution >= 4 is 23.8 Å². The van der Waals surface area contributed by atoms with E-state index in [0.29, 0.717) is 12.8 Å². The largest absolute Gasteiger partial charge is 0.469 e. The van der Waals surface area contributed by atoms with E-state index in [9.17, 15) is 19.2 Å². The van der Waals surface area contributed by atoms with Crippen molar-refractivity contribution in [1.29, 1.82) is 0 Å². The zero-order valence-corrected chi connectivity index (χ0v) is 11.4. The van der Waals surface area contributed by atoms with Crippen LogP contribution in [0.4, 0.5) is 4.79 Å². The summed E-state index contributed by atoms with van der Waals surface area (Å²) in [6, 6.07) is -0.750. The van der Waals surface area contributed by atoms with Crippen LogP contribution in [0.1, 0.15) is 38.5 Å². The van der Waals surface area contributed by atoms with Crippen molar-refractivity contribution in [3.63, 3.8) is 0 Å². The van der Waals surface area contributed by atoms with Crippen LogP contribution in [0.2, 0.25) is 0 Å². The molecule has 1 aliphatic carbocycles. The van der Waals surface area contributed by atoms with Crippen molar-refractivity contribution in [1.82, 2.24) is 10.2 Å². The number of amides is 4. The Labute approximate surface area is 116 Å². The fourth-order valence-electron chi connectivity index (χ4n) is 2.84. The van der Waals surface area contributed by atoms with Gasteiger partial charge in [0.15, 0.2) is 0 Å². The molecule has 110 valence electrons. The monoisotopic (exact) mass is 282 g/mol. The summed E-state index contributed by atoms with van der Waals surface area (Å²) in [6.07, 6.45) is 3.41.